The predicted molar refractivity (Wildman–Crippen MR) is 102 cm³/mol. The standard InChI is InChI=1S/C21H29N3O2/c1-23-17-10-5-4-9-16(17)22-21(23)18-11-7-13-24(18)14-15-8-6-12-19(25-2)20(15)26-3/h6,8,12,18H,4-5,7,9-11,13-14H2,1-3H3/t18-/m1/s1. The van der Waals surface area contributed by atoms with E-state index in [0.29, 0.717) is 6.04 Å². The van der Waals surface area contributed by atoms with E-state index in [1.807, 2.05) is 12.1 Å². The summed E-state index contributed by atoms with van der Waals surface area (Å²) in [4.78, 5) is 7.61. The maximum Gasteiger partial charge on any atom is 0.165 e. The Morgan fingerprint density at radius 2 is 1.96 bits per heavy atom. The summed E-state index contributed by atoms with van der Waals surface area (Å²) in [6.07, 6.45) is 7.28. The molecule has 1 aromatic carbocycles. The summed E-state index contributed by atoms with van der Waals surface area (Å²) in [6.45, 7) is 1.96. The topological polar surface area (TPSA) is 39.5 Å². The molecule has 0 unspecified atom stereocenters. The molecule has 1 aromatic heterocycles. The van der Waals surface area contributed by atoms with Gasteiger partial charge in [-0.15, -0.1) is 0 Å². The molecule has 4 rings (SSSR count). The van der Waals surface area contributed by atoms with E-state index in [0.717, 1.165) is 31.0 Å². The van der Waals surface area contributed by atoms with Crippen LogP contribution in [0.25, 0.3) is 0 Å². The van der Waals surface area contributed by atoms with Crippen molar-refractivity contribution in [3.8, 4) is 11.5 Å². The number of likely N-dealkylation sites (tertiary alicyclic amines) is 1. The molecule has 0 amide bonds. The minimum absolute atomic E-state index is 0.390. The lowest BCUT2D eigenvalue weighted by Gasteiger charge is -2.25. The number of methoxy groups -OCH3 is 2. The minimum Gasteiger partial charge on any atom is -0.493 e. The molecular weight excluding hydrogens is 326 g/mol. The third-order valence-corrected chi connectivity index (χ3v) is 5.93. The van der Waals surface area contributed by atoms with Crippen molar-refractivity contribution in [2.24, 2.45) is 7.05 Å². The Balaban J connectivity index is 1.61. The van der Waals surface area contributed by atoms with E-state index >= 15 is 0 Å². The van der Waals surface area contributed by atoms with Crippen molar-refractivity contribution in [1.29, 1.82) is 0 Å². The number of aromatic nitrogens is 2. The first-order chi connectivity index (χ1) is 12.7. The highest BCUT2D eigenvalue weighted by Crippen LogP contribution is 2.38. The van der Waals surface area contributed by atoms with Crippen LogP contribution in [0.5, 0.6) is 11.5 Å². The quantitative estimate of drug-likeness (QED) is 0.821. The summed E-state index contributed by atoms with van der Waals surface area (Å²) in [5, 5.41) is 0. The second-order valence-corrected chi connectivity index (χ2v) is 7.41. The number of benzene rings is 1. The molecule has 0 saturated carbocycles. The normalized spacial score (nSPS) is 20.2. The second kappa shape index (κ2) is 7.31. The summed E-state index contributed by atoms with van der Waals surface area (Å²) in [5.41, 5.74) is 3.97. The van der Waals surface area contributed by atoms with Gasteiger partial charge in [-0.2, -0.15) is 0 Å². The molecule has 5 heteroatoms. The summed E-state index contributed by atoms with van der Waals surface area (Å²) in [5.74, 6) is 2.89. The molecule has 1 aliphatic heterocycles. The van der Waals surface area contributed by atoms with Crippen molar-refractivity contribution in [2.75, 3.05) is 20.8 Å². The van der Waals surface area contributed by atoms with Crippen LogP contribution in [0.2, 0.25) is 0 Å². The summed E-state index contributed by atoms with van der Waals surface area (Å²) in [6, 6.07) is 6.53. The SMILES string of the molecule is COc1cccc(CN2CCC[C@@H]2c2nc3c(n2C)CCCC3)c1OC. The van der Waals surface area contributed by atoms with E-state index in [-0.39, 0.29) is 0 Å². The van der Waals surface area contributed by atoms with Gasteiger partial charge in [-0.1, -0.05) is 12.1 Å². The van der Waals surface area contributed by atoms with Gasteiger partial charge in [0.1, 0.15) is 5.82 Å². The van der Waals surface area contributed by atoms with E-state index < -0.39 is 0 Å². The van der Waals surface area contributed by atoms with Gasteiger partial charge in [-0.05, 0) is 51.1 Å². The smallest absolute Gasteiger partial charge is 0.165 e. The first-order valence-electron chi connectivity index (χ1n) is 9.71. The largest absolute Gasteiger partial charge is 0.493 e. The highest BCUT2D eigenvalue weighted by atomic mass is 16.5. The van der Waals surface area contributed by atoms with Gasteiger partial charge < -0.3 is 14.0 Å². The molecule has 1 saturated heterocycles. The van der Waals surface area contributed by atoms with Crippen LogP contribution in [-0.2, 0) is 26.4 Å². The third-order valence-electron chi connectivity index (χ3n) is 5.93. The zero-order valence-electron chi connectivity index (χ0n) is 16.1. The monoisotopic (exact) mass is 355 g/mol. The van der Waals surface area contributed by atoms with E-state index in [9.17, 15) is 0 Å². The maximum atomic E-state index is 5.64. The lowest BCUT2D eigenvalue weighted by atomic mass is 10.0. The van der Waals surface area contributed by atoms with Crippen molar-refractivity contribution in [2.45, 2.75) is 51.1 Å². The van der Waals surface area contributed by atoms with E-state index in [4.69, 9.17) is 14.5 Å². The van der Waals surface area contributed by atoms with Crippen LogP contribution in [0.3, 0.4) is 0 Å². The second-order valence-electron chi connectivity index (χ2n) is 7.41. The molecule has 2 aromatic rings. The Morgan fingerprint density at radius 1 is 1.12 bits per heavy atom. The maximum absolute atomic E-state index is 5.64. The number of aryl methyl sites for hydroxylation is 1. The van der Waals surface area contributed by atoms with Crippen molar-refractivity contribution in [3.05, 3.63) is 41.0 Å². The number of rotatable bonds is 5. The molecule has 0 spiro atoms. The molecule has 1 fully saturated rings. The van der Waals surface area contributed by atoms with Crippen molar-refractivity contribution < 1.29 is 9.47 Å². The van der Waals surface area contributed by atoms with E-state index in [1.54, 1.807) is 14.2 Å². The average molecular weight is 355 g/mol. The van der Waals surface area contributed by atoms with Gasteiger partial charge in [0.05, 0.1) is 26.0 Å². The number of hydrogen-bond acceptors (Lipinski definition) is 4. The van der Waals surface area contributed by atoms with E-state index in [1.165, 1.54) is 54.9 Å². The van der Waals surface area contributed by atoms with Gasteiger partial charge in [0.15, 0.2) is 11.5 Å². The zero-order valence-corrected chi connectivity index (χ0v) is 16.1. The molecule has 5 nitrogen and oxygen atoms in total. The summed E-state index contributed by atoms with van der Waals surface area (Å²) >= 11 is 0. The van der Waals surface area contributed by atoms with Crippen molar-refractivity contribution >= 4 is 0 Å². The van der Waals surface area contributed by atoms with Gasteiger partial charge in [-0.25, -0.2) is 4.98 Å². The van der Waals surface area contributed by atoms with Gasteiger partial charge in [0, 0.05) is 24.8 Å². The molecule has 2 heterocycles. The molecule has 0 N–H and O–H groups in total. The number of fused-ring (bicyclic) bond motifs is 1. The molecule has 26 heavy (non-hydrogen) atoms. The molecule has 140 valence electrons. The van der Waals surface area contributed by atoms with Crippen LogP contribution in [0.15, 0.2) is 18.2 Å². The summed E-state index contributed by atoms with van der Waals surface area (Å²) in [7, 11) is 5.61. The van der Waals surface area contributed by atoms with Gasteiger partial charge in [0.2, 0.25) is 0 Å². The Labute approximate surface area is 155 Å². The van der Waals surface area contributed by atoms with Gasteiger partial charge >= 0.3 is 0 Å². The van der Waals surface area contributed by atoms with Gasteiger partial charge in [-0.3, -0.25) is 4.90 Å². The Hall–Kier alpha value is -2.01. The fourth-order valence-corrected chi connectivity index (χ4v) is 4.61. The predicted octanol–water partition coefficient (Wildman–Crippen LogP) is 3.65. The molecular formula is C21H29N3O2. The number of imidazole rings is 1. The zero-order chi connectivity index (χ0) is 18.1. The van der Waals surface area contributed by atoms with Crippen LogP contribution in [0.1, 0.15) is 54.5 Å². The third kappa shape index (κ3) is 2.98. The van der Waals surface area contributed by atoms with Crippen LogP contribution in [0, 0.1) is 0 Å². The first-order valence-corrected chi connectivity index (χ1v) is 9.71. The molecule has 1 atom stereocenters. The highest BCUT2D eigenvalue weighted by Gasteiger charge is 2.32. The Morgan fingerprint density at radius 3 is 2.73 bits per heavy atom. The lowest BCUT2D eigenvalue weighted by Crippen LogP contribution is -2.25. The fourth-order valence-electron chi connectivity index (χ4n) is 4.61. The van der Waals surface area contributed by atoms with Crippen LogP contribution >= 0.6 is 0 Å². The Bertz CT molecular complexity index is 784. The van der Waals surface area contributed by atoms with Crippen molar-refractivity contribution in [1.82, 2.24) is 14.5 Å². The number of para-hydroxylation sites is 1. The van der Waals surface area contributed by atoms with Gasteiger partial charge in [0.25, 0.3) is 0 Å². The van der Waals surface area contributed by atoms with Crippen LogP contribution in [-0.4, -0.2) is 35.2 Å². The number of nitrogens with zero attached hydrogens (tertiary/aromatic N) is 3. The van der Waals surface area contributed by atoms with Crippen LogP contribution in [0.4, 0.5) is 0 Å². The fraction of sp³-hybridized carbons (Fsp3) is 0.571. The average Bonchev–Trinajstić information content (AvgIpc) is 3.26. The van der Waals surface area contributed by atoms with E-state index in [2.05, 4.69) is 22.6 Å². The number of ether oxygens (including phenoxy) is 2. The minimum atomic E-state index is 0.390. The molecule has 1 aliphatic carbocycles. The van der Waals surface area contributed by atoms with Crippen molar-refractivity contribution in [3.63, 3.8) is 0 Å². The molecule has 0 bridgehead atoms. The summed E-state index contributed by atoms with van der Waals surface area (Å²) < 4.78 is 13.5. The first kappa shape index (κ1) is 17.4. The Kier molecular flexibility index (Phi) is 4.90. The highest BCUT2D eigenvalue weighted by molar-refractivity contribution is 5.46. The van der Waals surface area contributed by atoms with Crippen LogP contribution < -0.4 is 9.47 Å². The molecule has 2 aliphatic rings. The molecule has 0 radical (unpaired) electrons. The number of hydrogen-bond donors (Lipinski definition) is 0. The lowest BCUT2D eigenvalue weighted by molar-refractivity contribution is 0.231.